The summed E-state index contributed by atoms with van der Waals surface area (Å²) < 4.78 is 21.0. The fraction of sp³-hybridized carbons (Fsp3) is 0.300. The summed E-state index contributed by atoms with van der Waals surface area (Å²) in [4.78, 5) is 24.5. The van der Waals surface area contributed by atoms with Crippen molar-refractivity contribution in [2.75, 3.05) is 39.8 Å². The predicted molar refractivity (Wildman–Crippen MR) is 105 cm³/mol. The summed E-state index contributed by atoms with van der Waals surface area (Å²) in [6.45, 7) is 2.27. The van der Waals surface area contributed by atoms with Crippen LogP contribution in [0.1, 0.15) is 17.3 Å². The van der Waals surface area contributed by atoms with Crippen LogP contribution in [0, 0.1) is 0 Å². The monoisotopic (exact) mass is 388 g/mol. The van der Waals surface area contributed by atoms with E-state index < -0.39 is 5.91 Å². The molecule has 28 heavy (non-hydrogen) atoms. The first kappa shape index (κ1) is 20.9. The zero-order valence-electron chi connectivity index (χ0n) is 16.3. The van der Waals surface area contributed by atoms with E-state index in [1.54, 1.807) is 24.3 Å². The molecule has 2 N–H and O–H groups in total. The van der Waals surface area contributed by atoms with Gasteiger partial charge in [0.1, 0.15) is 5.75 Å². The average Bonchev–Trinajstić information content (AvgIpc) is 2.72. The maximum atomic E-state index is 12.4. The molecule has 0 spiro atoms. The summed E-state index contributed by atoms with van der Waals surface area (Å²) in [6, 6.07) is 10.00. The van der Waals surface area contributed by atoms with E-state index in [0.29, 0.717) is 29.5 Å². The lowest BCUT2D eigenvalue weighted by Gasteiger charge is -2.14. The van der Waals surface area contributed by atoms with Crippen LogP contribution >= 0.6 is 0 Å². The summed E-state index contributed by atoms with van der Waals surface area (Å²) in [7, 11) is 4.40. The lowest BCUT2D eigenvalue weighted by Crippen LogP contribution is -2.32. The van der Waals surface area contributed by atoms with Gasteiger partial charge in [-0.3, -0.25) is 9.59 Å². The molecular formula is C20H24N2O6. The molecule has 0 bridgehead atoms. The third-order valence-corrected chi connectivity index (χ3v) is 3.79. The third-order valence-electron chi connectivity index (χ3n) is 3.79. The number of benzene rings is 2. The Bertz CT molecular complexity index is 795. The lowest BCUT2D eigenvalue weighted by molar-refractivity contribution is -0.115. The normalized spacial score (nSPS) is 10.0. The molecule has 2 rings (SSSR count). The van der Waals surface area contributed by atoms with Gasteiger partial charge in [-0.05, 0) is 43.3 Å². The molecule has 0 aliphatic carbocycles. The maximum Gasteiger partial charge on any atom is 0.251 e. The zero-order chi connectivity index (χ0) is 20.5. The highest BCUT2D eigenvalue weighted by molar-refractivity contribution is 6.00. The molecule has 0 saturated carbocycles. The molecule has 2 aromatic carbocycles. The smallest absolute Gasteiger partial charge is 0.251 e. The predicted octanol–water partition coefficient (Wildman–Crippen LogP) is 2.48. The highest BCUT2D eigenvalue weighted by Crippen LogP contribution is 2.38. The van der Waals surface area contributed by atoms with Gasteiger partial charge >= 0.3 is 0 Å². The van der Waals surface area contributed by atoms with E-state index in [0.717, 1.165) is 5.75 Å². The number of amides is 2. The van der Waals surface area contributed by atoms with Gasteiger partial charge in [0.05, 0.1) is 34.5 Å². The molecule has 0 unspecified atom stereocenters. The van der Waals surface area contributed by atoms with Crippen LogP contribution in [0.4, 0.5) is 5.69 Å². The molecule has 2 amide bonds. The largest absolute Gasteiger partial charge is 0.494 e. The van der Waals surface area contributed by atoms with Crippen LogP contribution in [0.5, 0.6) is 23.0 Å². The lowest BCUT2D eigenvalue weighted by atomic mass is 10.1. The summed E-state index contributed by atoms with van der Waals surface area (Å²) in [5.74, 6) is 1.01. The van der Waals surface area contributed by atoms with Gasteiger partial charge in [0, 0.05) is 11.3 Å². The van der Waals surface area contributed by atoms with E-state index in [1.165, 1.54) is 33.5 Å². The van der Waals surface area contributed by atoms with Crippen LogP contribution in [0.2, 0.25) is 0 Å². The van der Waals surface area contributed by atoms with Gasteiger partial charge in [0.15, 0.2) is 11.5 Å². The number of carbonyl (C=O) groups excluding carboxylic acids is 2. The molecule has 0 radical (unpaired) electrons. The minimum absolute atomic E-state index is 0.192. The molecule has 8 heteroatoms. The number of methoxy groups -OCH3 is 3. The van der Waals surface area contributed by atoms with Gasteiger partial charge in [-0.15, -0.1) is 0 Å². The molecule has 0 fully saturated rings. The number of rotatable bonds is 9. The van der Waals surface area contributed by atoms with Crippen molar-refractivity contribution >= 4 is 17.5 Å². The topological polar surface area (TPSA) is 95.1 Å². The van der Waals surface area contributed by atoms with E-state index >= 15 is 0 Å². The van der Waals surface area contributed by atoms with Crippen molar-refractivity contribution in [1.82, 2.24) is 5.32 Å². The summed E-state index contributed by atoms with van der Waals surface area (Å²) in [5, 5.41) is 5.27. The van der Waals surface area contributed by atoms with Crippen molar-refractivity contribution < 1.29 is 28.5 Å². The number of carbonyl (C=O) groups is 2. The van der Waals surface area contributed by atoms with Gasteiger partial charge in [-0.25, -0.2) is 0 Å². The number of anilines is 1. The first-order valence-corrected chi connectivity index (χ1v) is 8.63. The molecule has 0 atom stereocenters. The molecule has 150 valence electrons. The number of nitrogens with one attached hydrogen (secondary N) is 2. The number of hydrogen-bond donors (Lipinski definition) is 2. The van der Waals surface area contributed by atoms with Crippen molar-refractivity contribution in [2.45, 2.75) is 6.92 Å². The Hall–Kier alpha value is -3.42. The molecule has 2 aromatic rings. The van der Waals surface area contributed by atoms with Crippen LogP contribution in [0.25, 0.3) is 0 Å². The Kier molecular flexibility index (Phi) is 7.50. The Labute approximate surface area is 163 Å². The van der Waals surface area contributed by atoms with Crippen molar-refractivity contribution in [3.8, 4) is 23.0 Å². The van der Waals surface area contributed by atoms with E-state index in [4.69, 9.17) is 18.9 Å². The third kappa shape index (κ3) is 5.29. The second kappa shape index (κ2) is 10.1. The molecule has 0 aliphatic rings. The minimum Gasteiger partial charge on any atom is -0.494 e. The average molecular weight is 388 g/mol. The summed E-state index contributed by atoms with van der Waals surface area (Å²) >= 11 is 0. The SMILES string of the molecule is CCOc1ccc(NC(=O)CNC(=O)c2cc(OC)c(OC)c(OC)c2)cc1. The van der Waals surface area contributed by atoms with Crippen molar-refractivity contribution in [3.05, 3.63) is 42.0 Å². The first-order valence-electron chi connectivity index (χ1n) is 8.63. The van der Waals surface area contributed by atoms with Gasteiger partial charge in [-0.1, -0.05) is 0 Å². The van der Waals surface area contributed by atoms with Crippen molar-refractivity contribution in [3.63, 3.8) is 0 Å². The molecule has 0 heterocycles. The summed E-state index contributed by atoms with van der Waals surface area (Å²) in [6.07, 6.45) is 0. The molecule has 0 aliphatic heterocycles. The van der Waals surface area contributed by atoms with E-state index in [2.05, 4.69) is 10.6 Å². The summed E-state index contributed by atoms with van der Waals surface area (Å²) in [5.41, 5.74) is 0.888. The highest BCUT2D eigenvalue weighted by atomic mass is 16.5. The van der Waals surface area contributed by atoms with Gasteiger partial charge in [0.25, 0.3) is 5.91 Å². The second-order valence-corrected chi connectivity index (χ2v) is 5.60. The van der Waals surface area contributed by atoms with Crippen LogP contribution < -0.4 is 29.6 Å². The fourth-order valence-corrected chi connectivity index (χ4v) is 2.48. The minimum atomic E-state index is -0.443. The standard InChI is InChI=1S/C20H24N2O6/c1-5-28-15-8-6-14(7-9-15)22-18(23)12-21-20(24)13-10-16(25-2)19(27-4)17(11-13)26-3/h6-11H,5,12H2,1-4H3,(H,21,24)(H,22,23). The zero-order valence-corrected chi connectivity index (χ0v) is 16.3. The molecular weight excluding hydrogens is 364 g/mol. The second-order valence-electron chi connectivity index (χ2n) is 5.60. The fourth-order valence-electron chi connectivity index (χ4n) is 2.48. The maximum absolute atomic E-state index is 12.4. The Morgan fingerprint density at radius 1 is 0.929 bits per heavy atom. The van der Waals surface area contributed by atoms with Crippen LogP contribution in [-0.4, -0.2) is 46.3 Å². The Morgan fingerprint density at radius 2 is 1.54 bits per heavy atom. The van der Waals surface area contributed by atoms with Crippen LogP contribution in [0.3, 0.4) is 0 Å². The van der Waals surface area contributed by atoms with Gasteiger partial charge in [-0.2, -0.15) is 0 Å². The Morgan fingerprint density at radius 3 is 2.04 bits per heavy atom. The van der Waals surface area contributed by atoms with Crippen LogP contribution in [0.15, 0.2) is 36.4 Å². The molecule has 8 nitrogen and oxygen atoms in total. The van der Waals surface area contributed by atoms with Crippen LogP contribution in [-0.2, 0) is 4.79 Å². The highest BCUT2D eigenvalue weighted by Gasteiger charge is 2.17. The van der Waals surface area contributed by atoms with E-state index in [-0.39, 0.29) is 18.0 Å². The van der Waals surface area contributed by atoms with Gasteiger partial charge in [0.2, 0.25) is 11.7 Å². The van der Waals surface area contributed by atoms with Crippen molar-refractivity contribution in [1.29, 1.82) is 0 Å². The van der Waals surface area contributed by atoms with E-state index in [9.17, 15) is 9.59 Å². The molecule has 0 saturated heterocycles. The number of hydrogen-bond acceptors (Lipinski definition) is 6. The Balaban J connectivity index is 1.98. The van der Waals surface area contributed by atoms with E-state index in [1.807, 2.05) is 6.92 Å². The van der Waals surface area contributed by atoms with Gasteiger partial charge < -0.3 is 29.6 Å². The van der Waals surface area contributed by atoms with Crippen molar-refractivity contribution in [2.24, 2.45) is 0 Å². The first-order chi connectivity index (χ1) is 13.5. The molecule has 0 aromatic heterocycles. The quantitative estimate of drug-likeness (QED) is 0.685. The number of ether oxygens (including phenoxy) is 4.